The number of aryl methyl sites for hydroxylation is 1. The highest BCUT2D eigenvalue weighted by Crippen LogP contribution is 2.20. The Morgan fingerprint density at radius 2 is 2.15 bits per heavy atom. The molecule has 8 heteroatoms. The van der Waals surface area contributed by atoms with Crippen LogP contribution < -0.4 is 10.9 Å². The number of likely N-dealkylation sites (N-methyl/N-ethyl adjacent to an activating group) is 1. The zero-order valence-corrected chi connectivity index (χ0v) is 12.0. The van der Waals surface area contributed by atoms with Gasteiger partial charge >= 0.3 is 0 Å². The van der Waals surface area contributed by atoms with Crippen LogP contribution in [0.25, 0.3) is 0 Å². The molecule has 1 fully saturated rings. The quantitative estimate of drug-likeness (QED) is 0.820. The van der Waals surface area contributed by atoms with Crippen LogP contribution in [0, 0.1) is 0 Å². The summed E-state index contributed by atoms with van der Waals surface area (Å²) in [5, 5.41) is 6.83. The highest BCUT2D eigenvalue weighted by atomic mass is 35.5. The van der Waals surface area contributed by atoms with Gasteiger partial charge in [-0.2, -0.15) is 5.10 Å². The average molecular weight is 299 g/mol. The predicted octanol–water partition coefficient (Wildman–Crippen LogP) is 0.476. The summed E-state index contributed by atoms with van der Waals surface area (Å²) in [7, 11) is 1.44. The molecule has 1 unspecified atom stereocenters. The number of amides is 2. The van der Waals surface area contributed by atoms with E-state index in [1.165, 1.54) is 17.9 Å². The maximum atomic E-state index is 12.0. The van der Waals surface area contributed by atoms with Crippen LogP contribution in [-0.2, 0) is 16.1 Å². The fourth-order valence-electron chi connectivity index (χ4n) is 2.03. The minimum Gasteiger partial charge on any atom is -0.371 e. The molecule has 20 heavy (non-hydrogen) atoms. The lowest BCUT2D eigenvalue weighted by molar-refractivity contribution is -0.146. The van der Waals surface area contributed by atoms with Gasteiger partial charge in [-0.1, -0.05) is 11.6 Å². The molecule has 0 aromatic carbocycles. The highest BCUT2D eigenvalue weighted by molar-refractivity contribution is 6.33. The molecule has 7 nitrogen and oxygen atoms in total. The summed E-state index contributed by atoms with van der Waals surface area (Å²) in [5.74, 6) is -0.546. The molecular formula is C12H15ClN4O3. The van der Waals surface area contributed by atoms with Crippen molar-refractivity contribution < 1.29 is 9.59 Å². The molecule has 1 atom stereocenters. The lowest BCUT2D eigenvalue weighted by Crippen LogP contribution is -2.48. The smallest absolute Gasteiger partial charge is 0.287 e. The molecule has 0 radical (unpaired) electrons. The van der Waals surface area contributed by atoms with Crippen molar-refractivity contribution in [1.29, 1.82) is 0 Å². The maximum absolute atomic E-state index is 12.0. The molecule has 0 bridgehead atoms. The SMILES string of the molecule is CCn1ncc(NC2CCC(=O)N(C)C2=O)c(Cl)c1=O. The summed E-state index contributed by atoms with van der Waals surface area (Å²) in [6.07, 6.45) is 2.06. The van der Waals surface area contributed by atoms with E-state index in [9.17, 15) is 14.4 Å². The van der Waals surface area contributed by atoms with Gasteiger partial charge in [0, 0.05) is 20.0 Å². The number of likely N-dealkylation sites (tertiary alicyclic amines) is 1. The van der Waals surface area contributed by atoms with Crippen LogP contribution in [0.1, 0.15) is 19.8 Å². The summed E-state index contributed by atoms with van der Waals surface area (Å²) in [6, 6.07) is -0.575. The van der Waals surface area contributed by atoms with Crippen molar-refractivity contribution in [2.75, 3.05) is 12.4 Å². The molecule has 1 saturated heterocycles. The molecule has 2 rings (SSSR count). The summed E-state index contributed by atoms with van der Waals surface area (Å²) >= 11 is 5.98. The Hall–Kier alpha value is -1.89. The number of carbonyl (C=O) groups is 2. The van der Waals surface area contributed by atoms with Crippen molar-refractivity contribution in [3.8, 4) is 0 Å². The summed E-state index contributed by atoms with van der Waals surface area (Å²) in [6.45, 7) is 2.20. The molecule has 2 heterocycles. The van der Waals surface area contributed by atoms with Crippen molar-refractivity contribution in [2.24, 2.45) is 0 Å². The van der Waals surface area contributed by atoms with Gasteiger partial charge < -0.3 is 5.32 Å². The number of rotatable bonds is 3. The molecule has 1 aliphatic heterocycles. The molecule has 1 aromatic heterocycles. The Balaban J connectivity index is 2.23. The van der Waals surface area contributed by atoms with Gasteiger partial charge in [0.15, 0.2) is 0 Å². The summed E-state index contributed by atoms with van der Waals surface area (Å²) in [5.41, 5.74) is -0.102. The van der Waals surface area contributed by atoms with Crippen molar-refractivity contribution in [2.45, 2.75) is 32.4 Å². The first-order valence-corrected chi connectivity index (χ1v) is 6.66. The topological polar surface area (TPSA) is 84.3 Å². The number of nitrogens with one attached hydrogen (secondary N) is 1. The molecule has 0 saturated carbocycles. The fraction of sp³-hybridized carbons (Fsp3) is 0.500. The van der Waals surface area contributed by atoms with Gasteiger partial charge in [0.05, 0.1) is 11.9 Å². The fourth-order valence-corrected chi connectivity index (χ4v) is 2.23. The molecule has 108 valence electrons. The van der Waals surface area contributed by atoms with E-state index in [1.54, 1.807) is 6.92 Å². The zero-order chi connectivity index (χ0) is 14.9. The lowest BCUT2D eigenvalue weighted by atomic mass is 10.0. The number of halogens is 1. The monoisotopic (exact) mass is 298 g/mol. The number of hydrogen-bond acceptors (Lipinski definition) is 5. The Kier molecular flexibility index (Phi) is 4.08. The first kappa shape index (κ1) is 14.5. The Labute approximate surface area is 120 Å². The maximum Gasteiger partial charge on any atom is 0.287 e. The second-order valence-corrected chi connectivity index (χ2v) is 4.90. The van der Waals surface area contributed by atoms with Gasteiger partial charge in [0.25, 0.3) is 11.5 Å². The van der Waals surface area contributed by atoms with Gasteiger partial charge in [-0.3, -0.25) is 19.3 Å². The van der Waals surface area contributed by atoms with E-state index in [1.807, 2.05) is 0 Å². The zero-order valence-electron chi connectivity index (χ0n) is 11.2. The molecule has 1 aliphatic rings. The van der Waals surface area contributed by atoms with Crippen LogP contribution in [0.4, 0.5) is 5.69 Å². The minimum atomic E-state index is -0.575. The number of nitrogens with zero attached hydrogens (tertiary/aromatic N) is 3. The highest BCUT2D eigenvalue weighted by Gasteiger charge is 2.32. The van der Waals surface area contributed by atoms with Crippen molar-refractivity contribution >= 4 is 29.1 Å². The van der Waals surface area contributed by atoms with Crippen LogP contribution in [0.2, 0.25) is 5.02 Å². The number of anilines is 1. The molecular weight excluding hydrogens is 284 g/mol. The van der Waals surface area contributed by atoms with Crippen LogP contribution in [-0.4, -0.2) is 39.6 Å². The van der Waals surface area contributed by atoms with Gasteiger partial charge in [0.1, 0.15) is 11.1 Å². The van der Waals surface area contributed by atoms with Gasteiger partial charge in [-0.15, -0.1) is 0 Å². The molecule has 0 spiro atoms. The predicted molar refractivity (Wildman–Crippen MR) is 73.6 cm³/mol. The second-order valence-electron chi connectivity index (χ2n) is 4.52. The van der Waals surface area contributed by atoms with Crippen molar-refractivity contribution in [1.82, 2.24) is 14.7 Å². The standard InChI is InChI=1S/C12H15ClN4O3/c1-3-17-12(20)10(13)8(6-14-17)15-7-4-5-9(18)16(2)11(7)19/h6-7,15H,3-5H2,1-2H3. The molecule has 1 aromatic rings. The van der Waals surface area contributed by atoms with Crippen LogP contribution in [0.5, 0.6) is 0 Å². The number of hydrogen-bond donors (Lipinski definition) is 1. The summed E-state index contributed by atoms with van der Waals surface area (Å²) < 4.78 is 1.23. The van der Waals surface area contributed by atoms with E-state index in [-0.39, 0.29) is 23.3 Å². The molecule has 0 aliphatic carbocycles. The Morgan fingerprint density at radius 1 is 1.45 bits per heavy atom. The van der Waals surface area contributed by atoms with Crippen LogP contribution in [0.3, 0.4) is 0 Å². The van der Waals surface area contributed by atoms with Crippen LogP contribution >= 0.6 is 11.6 Å². The van der Waals surface area contributed by atoms with E-state index < -0.39 is 11.6 Å². The van der Waals surface area contributed by atoms with Gasteiger partial charge in [-0.25, -0.2) is 4.68 Å². The number of piperidine rings is 1. The van der Waals surface area contributed by atoms with E-state index in [0.29, 0.717) is 18.7 Å². The largest absolute Gasteiger partial charge is 0.371 e. The Morgan fingerprint density at radius 3 is 2.80 bits per heavy atom. The van der Waals surface area contributed by atoms with E-state index in [2.05, 4.69) is 10.4 Å². The third-order valence-corrected chi connectivity index (χ3v) is 3.63. The van der Waals surface area contributed by atoms with E-state index in [4.69, 9.17) is 11.6 Å². The molecule has 1 N–H and O–H groups in total. The summed E-state index contributed by atoms with van der Waals surface area (Å²) in [4.78, 5) is 36.3. The third-order valence-electron chi connectivity index (χ3n) is 3.26. The normalized spacial score (nSPS) is 19.4. The van der Waals surface area contributed by atoms with Crippen molar-refractivity contribution in [3.63, 3.8) is 0 Å². The number of imide groups is 1. The average Bonchev–Trinajstić information content (AvgIpc) is 2.44. The number of aromatic nitrogens is 2. The minimum absolute atomic E-state index is 0.00537. The first-order valence-electron chi connectivity index (χ1n) is 6.28. The van der Waals surface area contributed by atoms with Crippen molar-refractivity contribution in [3.05, 3.63) is 21.6 Å². The van der Waals surface area contributed by atoms with E-state index >= 15 is 0 Å². The van der Waals surface area contributed by atoms with Gasteiger partial charge in [0.2, 0.25) is 5.91 Å². The number of carbonyl (C=O) groups excluding carboxylic acids is 2. The lowest BCUT2D eigenvalue weighted by Gasteiger charge is -2.28. The van der Waals surface area contributed by atoms with E-state index in [0.717, 1.165) is 4.90 Å². The first-order chi connectivity index (χ1) is 9.45. The third kappa shape index (κ3) is 2.53. The Bertz CT molecular complexity index is 613. The van der Waals surface area contributed by atoms with Crippen LogP contribution in [0.15, 0.2) is 11.0 Å². The molecule has 2 amide bonds. The van der Waals surface area contributed by atoms with Gasteiger partial charge in [-0.05, 0) is 13.3 Å². The second kappa shape index (κ2) is 5.62.